The minimum absolute atomic E-state index is 0.683. The highest BCUT2D eigenvalue weighted by Gasteiger charge is 2.30. The molecule has 0 spiro atoms. The third kappa shape index (κ3) is 2.87. The van der Waals surface area contributed by atoms with Crippen LogP contribution in [0.25, 0.3) is 0 Å². The molecular weight excluding hydrogens is 234 g/mol. The molecule has 0 saturated carbocycles. The zero-order valence-corrected chi connectivity index (χ0v) is 10.9. The zero-order chi connectivity index (χ0) is 13.1. The van der Waals surface area contributed by atoms with E-state index in [1.165, 1.54) is 0 Å². The van der Waals surface area contributed by atoms with Gasteiger partial charge in [-0.05, 0) is 25.0 Å². The molecule has 1 saturated heterocycles. The molecule has 1 atom stereocenters. The lowest BCUT2D eigenvalue weighted by Crippen LogP contribution is -2.47. The number of alkyl halides is 2. The molecule has 0 aliphatic carbocycles. The molecule has 4 heteroatoms. The molecule has 1 N–H and O–H groups in total. The van der Waals surface area contributed by atoms with Crippen LogP contribution in [0.5, 0.6) is 0 Å². The highest BCUT2D eigenvalue weighted by molar-refractivity contribution is 5.33. The Morgan fingerprint density at radius 1 is 1.17 bits per heavy atom. The van der Waals surface area contributed by atoms with Crippen LogP contribution in [-0.2, 0) is 0 Å². The molecule has 0 aromatic heterocycles. The quantitative estimate of drug-likeness (QED) is 0.891. The van der Waals surface area contributed by atoms with Crippen molar-refractivity contribution < 1.29 is 8.78 Å². The Kier molecular flexibility index (Phi) is 4.30. The fourth-order valence-corrected chi connectivity index (χ4v) is 2.61. The Morgan fingerprint density at radius 2 is 1.83 bits per heavy atom. The second-order valence-electron chi connectivity index (χ2n) is 4.93. The third-order valence-electron chi connectivity index (χ3n) is 3.53. The van der Waals surface area contributed by atoms with Crippen molar-refractivity contribution in [3.05, 3.63) is 34.9 Å². The van der Waals surface area contributed by atoms with Crippen molar-refractivity contribution in [2.45, 2.75) is 26.3 Å². The van der Waals surface area contributed by atoms with Crippen LogP contribution in [0.3, 0.4) is 0 Å². The minimum atomic E-state index is -2.34. The van der Waals surface area contributed by atoms with Crippen molar-refractivity contribution in [1.82, 2.24) is 10.2 Å². The van der Waals surface area contributed by atoms with Crippen LogP contribution in [0.4, 0.5) is 8.78 Å². The van der Waals surface area contributed by atoms with Gasteiger partial charge in [-0.15, -0.1) is 0 Å². The number of benzene rings is 1. The van der Waals surface area contributed by atoms with Gasteiger partial charge in [-0.1, -0.05) is 23.8 Å². The molecule has 18 heavy (non-hydrogen) atoms. The second kappa shape index (κ2) is 5.76. The molecule has 0 radical (unpaired) electrons. The van der Waals surface area contributed by atoms with Gasteiger partial charge in [-0.25, -0.2) is 8.78 Å². The van der Waals surface area contributed by atoms with Crippen molar-refractivity contribution in [3.63, 3.8) is 0 Å². The summed E-state index contributed by atoms with van der Waals surface area (Å²) < 4.78 is 26.8. The zero-order valence-electron chi connectivity index (χ0n) is 10.9. The number of halogens is 2. The lowest BCUT2D eigenvalue weighted by molar-refractivity contribution is 0.0178. The van der Waals surface area contributed by atoms with E-state index in [0.717, 1.165) is 29.8 Å². The van der Waals surface area contributed by atoms with Gasteiger partial charge in [0.15, 0.2) is 0 Å². The number of aryl methyl sites for hydroxylation is 2. The van der Waals surface area contributed by atoms with E-state index in [1.807, 2.05) is 36.9 Å². The fraction of sp³-hybridized carbons (Fsp3) is 0.571. The largest absolute Gasteiger partial charge is 0.314 e. The summed E-state index contributed by atoms with van der Waals surface area (Å²) in [5.41, 5.74) is 2.83. The van der Waals surface area contributed by atoms with E-state index in [-0.39, 0.29) is 0 Å². The average Bonchev–Trinajstić information content (AvgIpc) is 2.33. The summed E-state index contributed by atoms with van der Waals surface area (Å²) in [6, 6.07) is 4.98. The molecule has 1 aliphatic rings. The van der Waals surface area contributed by atoms with Crippen LogP contribution >= 0.6 is 0 Å². The Labute approximate surface area is 107 Å². The highest BCUT2D eigenvalue weighted by atomic mass is 19.3. The summed E-state index contributed by atoms with van der Waals surface area (Å²) in [6.07, 6.45) is -2.34. The predicted molar refractivity (Wildman–Crippen MR) is 69.1 cm³/mol. The average molecular weight is 254 g/mol. The van der Waals surface area contributed by atoms with Crippen molar-refractivity contribution in [2.75, 3.05) is 26.2 Å². The summed E-state index contributed by atoms with van der Waals surface area (Å²) in [5.74, 6) is 0. The minimum Gasteiger partial charge on any atom is -0.314 e. The Balaban J connectivity index is 2.28. The van der Waals surface area contributed by atoms with Gasteiger partial charge in [0.2, 0.25) is 0 Å². The van der Waals surface area contributed by atoms with E-state index < -0.39 is 12.5 Å². The molecular formula is C14H20F2N2. The Morgan fingerprint density at radius 3 is 2.39 bits per heavy atom. The smallest absolute Gasteiger partial charge is 0.258 e. The van der Waals surface area contributed by atoms with Crippen molar-refractivity contribution in [3.8, 4) is 0 Å². The Bertz CT molecular complexity index is 401. The van der Waals surface area contributed by atoms with E-state index in [2.05, 4.69) is 5.32 Å². The molecule has 1 aromatic carbocycles. The normalized spacial score (nSPS) is 19.2. The van der Waals surface area contributed by atoms with Gasteiger partial charge >= 0.3 is 0 Å². The summed E-state index contributed by atoms with van der Waals surface area (Å²) in [7, 11) is 0. The maximum atomic E-state index is 13.4. The van der Waals surface area contributed by atoms with Crippen LogP contribution in [0.15, 0.2) is 18.2 Å². The predicted octanol–water partition coefficient (Wildman–Crippen LogP) is 2.51. The standard InChI is InChI=1S/C14H20F2N2/c1-10-3-4-12(11(2)9-10)13(14(15)16)18-7-5-17-6-8-18/h3-4,9,13-14,17H,5-8H2,1-2H3/t13-/m0/s1. The van der Waals surface area contributed by atoms with Crippen LogP contribution in [0.2, 0.25) is 0 Å². The first-order chi connectivity index (χ1) is 8.59. The van der Waals surface area contributed by atoms with E-state index in [9.17, 15) is 8.78 Å². The number of hydrogen-bond acceptors (Lipinski definition) is 2. The van der Waals surface area contributed by atoms with Crippen molar-refractivity contribution in [2.24, 2.45) is 0 Å². The summed E-state index contributed by atoms with van der Waals surface area (Å²) >= 11 is 0. The molecule has 1 fully saturated rings. The summed E-state index contributed by atoms with van der Waals surface area (Å²) in [5, 5.41) is 3.20. The van der Waals surface area contributed by atoms with E-state index in [4.69, 9.17) is 0 Å². The van der Waals surface area contributed by atoms with Gasteiger partial charge in [0, 0.05) is 26.2 Å². The lowest BCUT2D eigenvalue weighted by Gasteiger charge is -2.35. The molecule has 0 unspecified atom stereocenters. The number of hydrogen-bond donors (Lipinski definition) is 1. The number of nitrogens with zero attached hydrogens (tertiary/aromatic N) is 1. The first-order valence-electron chi connectivity index (χ1n) is 6.39. The summed E-state index contributed by atoms with van der Waals surface area (Å²) in [4.78, 5) is 1.89. The first kappa shape index (κ1) is 13.4. The molecule has 100 valence electrons. The van der Waals surface area contributed by atoms with Gasteiger partial charge in [0.05, 0.1) is 6.04 Å². The topological polar surface area (TPSA) is 15.3 Å². The van der Waals surface area contributed by atoms with Crippen LogP contribution in [-0.4, -0.2) is 37.5 Å². The molecule has 2 nitrogen and oxygen atoms in total. The second-order valence-corrected chi connectivity index (χ2v) is 4.93. The van der Waals surface area contributed by atoms with Gasteiger partial charge in [0.25, 0.3) is 6.43 Å². The molecule has 1 aromatic rings. The number of rotatable bonds is 3. The van der Waals surface area contributed by atoms with E-state index >= 15 is 0 Å². The SMILES string of the molecule is Cc1ccc([C@@H](C(F)F)N2CCNCC2)c(C)c1. The molecule has 0 amide bonds. The van der Waals surface area contributed by atoms with Gasteiger partial charge in [0.1, 0.15) is 0 Å². The lowest BCUT2D eigenvalue weighted by atomic mass is 9.98. The maximum Gasteiger partial charge on any atom is 0.258 e. The first-order valence-corrected chi connectivity index (χ1v) is 6.39. The monoisotopic (exact) mass is 254 g/mol. The van der Waals surface area contributed by atoms with Gasteiger partial charge in [-0.3, -0.25) is 4.90 Å². The van der Waals surface area contributed by atoms with Crippen molar-refractivity contribution >= 4 is 0 Å². The molecule has 2 rings (SSSR count). The summed E-state index contributed by atoms with van der Waals surface area (Å²) in [6.45, 7) is 6.84. The van der Waals surface area contributed by atoms with E-state index in [1.54, 1.807) is 0 Å². The molecule has 1 heterocycles. The number of piperazine rings is 1. The van der Waals surface area contributed by atoms with E-state index in [0.29, 0.717) is 13.1 Å². The maximum absolute atomic E-state index is 13.4. The third-order valence-corrected chi connectivity index (χ3v) is 3.53. The van der Waals surface area contributed by atoms with Crippen LogP contribution in [0.1, 0.15) is 22.7 Å². The van der Waals surface area contributed by atoms with Crippen molar-refractivity contribution in [1.29, 1.82) is 0 Å². The fourth-order valence-electron chi connectivity index (χ4n) is 2.61. The molecule has 1 aliphatic heterocycles. The Hall–Kier alpha value is -1.00. The van der Waals surface area contributed by atoms with Crippen LogP contribution in [0, 0.1) is 13.8 Å². The van der Waals surface area contributed by atoms with Gasteiger partial charge in [-0.2, -0.15) is 0 Å². The highest BCUT2D eigenvalue weighted by Crippen LogP contribution is 2.30. The number of nitrogens with one attached hydrogen (secondary N) is 1. The molecule has 0 bridgehead atoms. The van der Waals surface area contributed by atoms with Crippen LogP contribution < -0.4 is 5.32 Å². The van der Waals surface area contributed by atoms with Gasteiger partial charge < -0.3 is 5.32 Å².